The maximum Gasteiger partial charge on any atom is 0.227 e. The van der Waals surface area contributed by atoms with Crippen LogP contribution in [0, 0.1) is 11.8 Å². The molecule has 4 nitrogen and oxygen atoms in total. The fraction of sp³-hybridized carbons (Fsp3) is 0.917. The van der Waals surface area contributed by atoms with E-state index in [2.05, 4.69) is 12.2 Å². The fourth-order valence-electron chi connectivity index (χ4n) is 2.55. The molecule has 2 fully saturated rings. The Morgan fingerprint density at radius 3 is 2.50 bits per heavy atom. The lowest BCUT2D eigenvalue weighted by molar-refractivity contribution is -0.126. The van der Waals surface area contributed by atoms with Gasteiger partial charge in [-0.15, -0.1) is 0 Å². The second-order valence-electron chi connectivity index (χ2n) is 5.27. The molecule has 1 saturated carbocycles. The summed E-state index contributed by atoms with van der Waals surface area (Å²) >= 11 is 0. The third-order valence-electron chi connectivity index (χ3n) is 3.82. The normalized spacial score (nSPS) is 39.6. The van der Waals surface area contributed by atoms with Crippen molar-refractivity contribution in [1.29, 1.82) is 0 Å². The fourth-order valence-corrected chi connectivity index (χ4v) is 2.55. The molecule has 1 aliphatic heterocycles. The molecular formula is C12H22N2O2. The average Bonchev–Trinajstić information content (AvgIpc) is 2.68. The molecule has 2 rings (SSSR count). The van der Waals surface area contributed by atoms with Crippen LogP contribution in [0.25, 0.3) is 0 Å². The van der Waals surface area contributed by atoms with Gasteiger partial charge in [0.1, 0.15) is 0 Å². The van der Waals surface area contributed by atoms with Gasteiger partial charge in [-0.05, 0) is 31.6 Å². The molecule has 3 N–H and O–H groups in total. The van der Waals surface area contributed by atoms with E-state index >= 15 is 0 Å². The van der Waals surface area contributed by atoms with E-state index in [1.54, 1.807) is 0 Å². The van der Waals surface area contributed by atoms with Gasteiger partial charge in [-0.2, -0.15) is 0 Å². The average molecular weight is 226 g/mol. The molecule has 0 radical (unpaired) electrons. The highest BCUT2D eigenvalue weighted by Crippen LogP contribution is 2.24. The Kier molecular flexibility index (Phi) is 3.82. The van der Waals surface area contributed by atoms with Crippen LogP contribution < -0.4 is 11.1 Å². The van der Waals surface area contributed by atoms with Crippen molar-refractivity contribution < 1.29 is 9.53 Å². The topological polar surface area (TPSA) is 64.3 Å². The van der Waals surface area contributed by atoms with E-state index in [4.69, 9.17) is 10.5 Å². The summed E-state index contributed by atoms with van der Waals surface area (Å²) < 4.78 is 5.21. The van der Waals surface area contributed by atoms with E-state index in [1.165, 1.54) is 12.8 Å². The summed E-state index contributed by atoms with van der Waals surface area (Å²) in [4.78, 5) is 11.9. The molecule has 1 heterocycles. The molecule has 1 amide bonds. The second kappa shape index (κ2) is 5.15. The Hall–Kier alpha value is -0.610. The highest BCUT2D eigenvalue weighted by atomic mass is 16.5. The number of hydrogen-bond acceptors (Lipinski definition) is 3. The summed E-state index contributed by atoms with van der Waals surface area (Å²) in [6, 6.07) is 0.235. The van der Waals surface area contributed by atoms with Crippen molar-refractivity contribution in [1.82, 2.24) is 5.32 Å². The van der Waals surface area contributed by atoms with Crippen molar-refractivity contribution in [3.05, 3.63) is 0 Å². The first kappa shape index (κ1) is 11.9. The minimum Gasteiger partial charge on any atom is -0.379 e. The zero-order valence-corrected chi connectivity index (χ0v) is 9.95. The molecular weight excluding hydrogens is 204 g/mol. The van der Waals surface area contributed by atoms with Crippen LogP contribution in [0.3, 0.4) is 0 Å². The monoisotopic (exact) mass is 226 g/mol. The lowest BCUT2D eigenvalue weighted by Crippen LogP contribution is -2.45. The van der Waals surface area contributed by atoms with Crippen molar-refractivity contribution in [2.24, 2.45) is 17.6 Å². The van der Waals surface area contributed by atoms with Crippen LogP contribution in [0.4, 0.5) is 0 Å². The van der Waals surface area contributed by atoms with Crippen LogP contribution in [0.5, 0.6) is 0 Å². The van der Waals surface area contributed by atoms with E-state index in [0.717, 1.165) is 18.8 Å². The summed E-state index contributed by atoms with van der Waals surface area (Å²) in [7, 11) is 0. The van der Waals surface area contributed by atoms with Crippen LogP contribution in [0.15, 0.2) is 0 Å². The Labute approximate surface area is 96.9 Å². The van der Waals surface area contributed by atoms with Crippen LogP contribution in [0.1, 0.15) is 32.6 Å². The first-order valence-corrected chi connectivity index (χ1v) is 6.30. The predicted octanol–water partition coefficient (Wildman–Crippen LogP) is 0.655. The van der Waals surface area contributed by atoms with Gasteiger partial charge in [-0.3, -0.25) is 4.79 Å². The number of nitrogens with one attached hydrogen (secondary N) is 1. The molecule has 2 unspecified atom stereocenters. The van der Waals surface area contributed by atoms with Gasteiger partial charge in [0.25, 0.3) is 0 Å². The molecule has 16 heavy (non-hydrogen) atoms. The van der Waals surface area contributed by atoms with E-state index in [9.17, 15) is 4.79 Å². The number of carbonyl (C=O) groups is 1. The lowest BCUT2D eigenvalue weighted by atomic mass is 9.87. The minimum atomic E-state index is -0.139. The van der Waals surface area contributed by atoms with Crippen molar-refractivity contribution in [2.75, 3.05) is 13.2 Å². The summed E-state index contributed by atoms with van der Waals surface area (Å²) in [5, 5.41) is 3.11. The number of carbonyl (C=O) groups excluding carboxylic acids is 1. The lowest BCUT2D eigenvalue weighted by Gasteiger charge is -2.28. The first-order chi connectivity index (χ1) is 7.66. The molecule has 2 aliphatic rings. The Morgan fingerprint density at radius 2 is 1.94 bits per heavy atom. The van der Waals surface area contributed by atoms with Crippen LogP contribution in [-0.4, -0.2) is 31.2 Å². The maximum atomic E-state index is 11.9. The summed E-state index contributed by atoms with van der Waals surface area (Å²) in [6.45, 7) is 3.27. The van der Waals surface area contributed by atoms with Gasteiger partial charge in [0.2, 0.25) is 5.91 Å². The zero-order chi connectivity index (χ0) is 11.5. The molecule has 92 valence electrons. The molecule has 1 aliphatic carbocycles. The minimum absolute atomic E-state index is 0.0875. The van der Waals surface area contributed by atoms with Gasteiger partial charge in [-0.25, -0.2) is 0 Å². The van der Waals surface area contributed by atoms with E-state index in [-0.39, 0.29) is 17.9 Å². The summed E-state index contributed by atoms with van der Waals surface area (Å²) in [6.07, 6.45) is 4.65. The summed E-state index contributed by atoms with van der Waals surface area (Å²) in [5.74, 6) is 0.758. The van der Waals surface area contributed by atoms with Crippen molar-refractivity contribution in [2.45, 2.75) is 44.7 Å². The number of hydrogen-bond donors (Lipinski definition) is 2. The Balaban J connectivity index is 1.78. The van der Waals surface area contributed by atoms with Crippen LogP contribution in [-0.2, 0) is 9.53 Å². The number of ether oxygens (including phenoxy) is 1. The SMILES string of the molecule is CC1CCC(NC(=O)C2COCC2N)CC1. The molecule has 0 spiro atoms. The number of amides is 1. The van der Waals surface area contributed by atoms with Gasteiger partial charge in [0.05, 0.1) is 19.1 Å². The summed E-state index contributed by atoms with van der Waals surface area (Å²) in [5.41, 5.74) is 5.82. The van der Waals surface area contributed by atoms with Gasteiger partial charge >= 0.3 is 0 Å². The van der Waals surface area contributed by atoms with E-state index in [1.807, 2.05) is 0 Å². The highest BCUT2D eigenvalue weighted by molar-refractivity contribution is 5.80. The molecule has 2 atom stereocenters. The number of nitrogens with two attached hydrogens (primary N) is 1. The van der Waals surface area contributed by atoms with Crippen molar-refractivity contribution in [3.8, 4) is 0 Å². The smallest absolute Gasteiger partial charge is 0.227 e. The van der Waals surface area contributed by atoms with Gasteiger partial charge in [0.15, 0.2) is 0 Å². The second-order valence-corrected chi connectivity index (χ2v) is 5.27. The van der Waals surface area contributed by atoms with E-state index in [0.29, 0.717) is 19.3 Å². The molecule has 0 bridgehead atoms. The van der Waals surface area contributed by atoms with Gasteiger partial charge < -0.3 is 15.8 Å². The predicted molar refractivity (Wildman–Crippen MR) is 61.8 cm³/mol. The van der Waals surface area contributed by atoms with Gasteiger partial charge in [-0.1, -0.05) is 6.92 Å². The standard InChI is InChI=1S/C12H22N2O2/c1-8-2-4-9(5-3-8)14-12(15)10-6-16-7-11(10)13/h8-11H,2-7,13H2,1H3,(H,14,15). The van der Waals surface area contributed by atoms with Crippen molar-refractivity contribution >= 4 is 5.91 Å². The molecule has 0 aromatic heterocycles. The third-order valence-corrected chi connectivity index (χ3v) is 3.82. The maximum absolute atomic E-state index is 11.9. The number of rotatable bonds is 2. The van der Waals surface area contributed by atoms with Crippen LogP contribution in [0.2, 0.25) is 0 Å². The highest BCUT2D eigenvalue weighted by Gasteiger charge is 2.32. The molecule has 4 heteroatoms. The quantitative estimate of drug-likeness (QED) is 0.727. The van der Waals surface area contributed by atoms with E-state index < -0.39 is 0 Å². The third kappa shape index (κ3) is 2.74. The van der Waals surface area contributed by atoms with Crippen molar-refractivity contribution in [3.63, 3.8) is 0 Å². The Morgan fingerprint density at radius 1 is 1.25 bits per heavy atom. The molecule has 1 saturated heterocycles. The molecule has 0 aromatic rings. The molecule has 0 aromatic carbocycles. The van der Waals surface area contributed by atoms with Gasteiger partial charge in [0, 0.05) is 12.1 Å². The first-order valence-electron chi connectivity index (χ1n) is 6.30. The van der Waals surface area contributed by atoms with Crippen LogP contribution >= 0.6 is 0 Å². The zero-order valence-electron chi connectivity index (χ0n) is 9.95. The Bertz CT molecular complexity index is 249. The largest absolute Gasteiger partial charge is 0.379 e.